The smallest absolute Gasteiger partial charge is 0.282 e. The summed E-state index contributed by atoms with van der Waals surface area (Å²) >= 11 is 0. The fraction of sp³-hybridized carbons (Fsp3) is 0.909. The first kappa shape index (κ1) is 12.4. The Morgan fingerprint density at radius 1 is 1.40 bits per heavy atom. The van der Waals surface area contributed by atoms with E-state index in [-0.39, 0.29) is 24.9 Å². The van der Waals surface area contributed by atoms with Gasteiger partial charge in [-0.25, -0.2) is 8.78 Å². The molecule has 0 aliphatic carbocycles. The number of likely N-dealkylation sites (tertiary alicyclic amines) is 1. The van der Waals surface area contributed by atoms with E-state index in [1.807, 2.05) is 6.92 Å². The van der Waals surface area contributed by atoms with Crippen molar-refractivity contribution < 1.29 is 13.6 Å². The Hall–Kier alpha value is -0.670. The highest BCUT2D eigenvalue weighted by Crippen LogP contribution is 2.28. The Morgan fingerprint density at radius 2 is 2.00 bits per heavy atom. The van der Waals surface area contributed by atoms with Crippen LogP contribution in [0.4, 0.5) is 8.78 Å². The Labute approximate surface area is 89.6 Å². The van der Waals surface area contributed by atoms with Gasteiger partial charge in [0.05, 0.1) is 13.1 Å². The molecule has 1 saturated heterocycles. The number of alkyl halides is 2. The van der Waals surface area contributed by atoms with Gasteiger partial charge in [-0.15, -0.1) is 0 Å². The lowest BCUT2D eigenvalue weighted by molar-refractivity contribution is -0.169. The molecule has 1 atom stereocenters. The molecule has 15 heavy (non-hydrogen) atoms. The van der Waals surface area contributed by atoms with E-state index in [1.54, 1.807) is 0 Å². The zero-order valence-electron chi connectivity index (χ0n) is 9.43. The van der Waals surface area contributed by atoms with Gasteiger partial charge in [0.15, 0.2) is 0 Å². The van der Waals surface area contributed by atoms with Gasteiger partial charge in [0.1, 0.15) is 0 Å². The van der Waals surface area contributed by atoms with Crippen molar-refractivity contribution in [2.75, 3.05) is 13.1 Å². The van der Waals surface area contributed by atoms with Crippen molar-refractivity contribution in [1.82, 2.24) is 4.90 Å². The van der Waals surface area contributed by atoms with Crippen LogP contribution in [0.2, 0.25) is 0 Å². The van der Waals surface area contributed by atoms with Crippen LogP contribution in [0.25, 0.3) is 0 Å². The molecule has 1 amide bonds. The number of rotatable bonds is 5. The van der Waals surface area contributed by atoms with Crippen molar-refractivity contribution >= 4 is 5.91 Å². The average molecular weight is 219 g/mol. The maximum Gasteiger partial charge on any atom is 0.282 e. The summed E-state index contributed by atoms with van der Waals surface area (Å²) in [7, 11) is 0. The highest BCUT2D eigenvalue weighted by atomic mass is 19.3. The molecule has 0 aromatic heterocycles. The molecule has 1 unspecified atom stereocenters. The van der Waals surface area contributed by atoms with Gasteiger partial charge in [-0.3, -0.25) is 4.79 Å². The lowest BCUT2D eigenvalue weighted by atomic mass is 9.99. The van der Waals surface area contributed by atoms with Crippen LogP contribution in [-0.2, 0) is 4.79 Å². The Balaban J connectivity index is 2.23. The molecule has 1 heterocycles. The number of amides is 1. The second kappa shape index (κ2) is 4.90. The van der Waals surface area contributed by atoms with E-state index in [1.165, 1.54) is 4.90 Å². The molecule has 0 N–H and O–H groups in total. The van der Waals surface area contributed by atoms with Gasteiger partial charge in [-0.05, 0) is 6.42 Å². The molecule has 0 radical (unpaired) electrons. The molecule has 0 aromatic carbocycles. The molecule has 1 aliphatic rings. The fourth-order valence-corrected chi connectivity index (χ4v) is 1.80. The molecule has 0 bridgehead atoms. The molecule has 2 nitrogen and oxygen atoms in total. The van der Waals surface area contributed by atoms with Crippen LogP contribution in [0, 0.1) is 5.92 Å². The van der Waals surface area contributed by atoms with E-state index in [0.717, 1.165) is 25.7 Å². The number of carbonyl (C=O) groups excluding carboxylic acids is 1. The fourth-order valence-electron chi connectivity index (χ4n) is 1.80. The molecule has 4 heteroatoms. The topological polar surface area (TPSA) is 20.3 Å². The van der Waals surface area contributed by atoms with E-state index in [4.69, 9.17) is 0 Å². The van der Waals surface area contributed by atoms with Gasteiger partial charge >= 0.3 is 0 Å². The zero-order valence-corrected chi connectivity index (χ0v) is 9.43. The van der Waals surface area contributed by atoms with Crippen molar-refractivity contribution in [2.24, 2.45) is 5.92 Å². The molecular weight excluding hydrogens is 200 g/mol. The van der Waals surface area contributed by atoms with E-state index in [2.05, 4.69) is 6.92 Å². The molecule has 1 fully saturated rings. The Kier molecular flexibility index (Phi) is 4.05. The zero-order chi connectivity index (χ0) is 11.5. The second-order valence-electron chi connectivity index (χ2n) is 4.45. The van der Waals surface area contributed by atoms with E-state index in [9.17, 15) is 13.6 Å². The molecule has 0 saturated carbocycles. The lowest BCUT2D eigenvalue weighted by Crippen LogP contribution is -2.59. The third-order valence-corrected chi connectivity index (χ3v) is 2.82. The largest absolute Gasteiger partial charge is 0.330 e. The summed E-state index contributed by atoms with van der Waals surface area (Å²) in [6.45, 7) is 3.16. The highest BCUT2D eigenvalue weighted by molar-refractivity contribution is 5.79. The van der Waals surface area contributed by atoms with Crippen molar-refractivity contribution in [3.05, 3.63) is 0 Å². The van der Waals surface area contributed by atoms with Gasteiger partial charge in [0.2, 0.25) is 5.91 Å². The summed E-state index contributed by atoms with van der Waals surface area (Å²) < 4.78 is 25.0. The van der Waals surface area contributed by atoms with Crippen molar-refractivity contribution in [3.8, 4) is 0 Å². The predicted molar refractivity (Wildman–Crippen MR) is 54.8 cm³/mol. The third-order valence-electron chi connectivity index (χ3n) is 2.82. The monoisotopic (exact) mass is 219 g/mol. The van der Waals surface area contributed by atoms with Gasteiger partial charge < -0.3 is 4.90 Å². The Bertz CT molecular complexity index is 223. The summed E-state index contributed by atoms with van der Waals surface area (Å²) in [6.07, 6.45) is 4.04. The first-order chi connectivity index (χ1) is 6.96. The van der Waals surface area contributed by atoms with Crippen LogP contribution in [-0.4, -0.2) is 29.8 Å². The predicted octanol–water partition coefficient (Wildman–Crippen LogP) is 2.68. The summed E-state index contributed by atoms with van der Waals surface area (Å²) in [5, 5.41) is 0. The van der Waals surface area contributed by atoms with Crippen molar-refractivity contribution in [2.45, 2.75) is 45.5 Å². The first-order valence-electron chi connectivity index (χ1n) is 5.63. The van der Waals surface area contributed by atoms with Crippen molar-refractivity contribution in [3.63, 3.8) is 0 Å². The number of nitrogens with zero attached hydrogens (tertiary/aromatic N) is 1. The summed E-state index contributed by atoms with van der Waals surface area (Å²) in [6, 6.07) is 0. The molecule has 1 aliphatic heterocycles. The van der Waals surface area contributed by atoms with Gasteiger partial charge in [0.25, 0.3) is 5.92 Å². The van der Waals surface area contributed by atoms with Crippen LogP contribution in [0.15, 0.2) is 0 Å². The first-order valence-corrected chi connectivity index (χ1v) is 5.63. The normalized spacial score (nSPS) is 20.9. The van der Waals surface area contributed by atoms with E-state index in [0.29, 0.717) is 0 Å². The van der Waals surface area contributed by atoms with Crippen LogP contribution in [0.1, 0.15) is 39.5 Å². The summed E-state index contributed by atoms with van der Waals surface area (Å²) in [5.74, 6) is -2.86. The molecule has 0 spiro atoms. The van der Waals surface area contributed by atoms with E-state index >= 15 is 0 Å². The summed E-state index contributed by atoms with van der Waals surface area (Å²) in [5.41, 5.74) is 0. The quantitative estimate of drug-likeness (QED) is 0.651. The van der Waals surface area contributed by atoms with Crippen LogP contribution >= 0.6 is 0 Å². The number of halogens is 2. The number of hydrogen-bond acceptors (Lipinski definition) is 1. The number of carbonyl (C=O) groups is 1. The molecular formula is C11H19F2NO. The minimum Gasteiger partial charge on any atom is -0.330 e. The minimum atomic E-state index is -2.64. The van der Waals surface area contributed by atoms with Crippen molar-refractivity contribution in [1.29, 1.82) is 0 Å². The number of hydrogen-bond donors (Lipinski definition) is 0. The molecule has 1 rings (SSSR count). The molecule has 0 aromatic rings. The lowest BCUT2D eigenvalue weighted by Gasteiger charge is -2.40. The highest BCUT2D eigenvalue weighted by Gasteiger charge is 2.46. The van der Waals surface area contributed by atoms with Crippen LogP contribution < -0.4 is 0 Å². The minimum absolute atomic E-state index is 0.104. The summed E-state index contributed by atoms with van der Waals surface area (Å²) in [4.78, 5) is 12.9. The third kappa shape index (κ3) is 3.43. The maximum atomic E-state index is 12.5. The van der Waals surface area contributed by atoms with Crippen LogP contribution in [0.3, 0.4) is 0 Å². The Morgan fingerprint density at radius 3 is 2.47 bits per heavy atom. The number of unbranched alkanes of at least 4 members (excludes halogenated alkanes) is 2. The van der Waals surface area contributed by atoms with Gasteiger partial charge in [0, 0.05) is 5.92 Å². The van der Waals surface area contributed by atoms with Gasteiger partial charge in [-0.2, -0.15) is 0 Å². The molecule has 88 valence electrons. The van der Waals surface area contributed by atoms with Crippen LogP contribution in [0.5, 0.6) is 0 Å². The maximum absolute atomic E-state index is 12.5. The SMILES string of the molecule is CCCCCC(C)C(=O)N1CC(F)(F)C1. The van der Waals surface area contributed by atoms with E-state index < -0.39 is 5.92 Å². The second-order valence-corrected chi connectivity index (χ2v) is 4.45. The average Bonchev–Trinajstić information content (AvgIpc) is 2.13. The van der Waals surface area contributed by atoms with Gasteiger partial charge in [-0.1, -0.05) is 33.1 Å². The standard InChI is InChI=1S/C11H19F2NO/c1-3-4-5-6-9(2)10(15)14-7-11(12,13)8-14/h9H,3-8H2,1-2H3.